The zero-order chi connectivity index (χ0) is 8.27. The highest BCUT2D eigenvalue weighted by molar-refractivity contribution is 8.13. The van der Waals surface area contributed by atoms with E-state index in [4.69, 9.17) is 17.0 Å². The third-order valence-corrected chi connectivity index (χ3v) is 2.17. The average molecular weight is 186 g/mol. The molecule has 58 valence electrons. The van der Waals surface area contributed by atoms with Gasteiger partial charge in [0, 0.05) is 10.6 Å². The second-order valence-electron chi connectivity index (χ2n) is 2.04. The molecular weight excluding hydrogens is 178 g/mol. The summed E-state index contributed by atoms with van der Waals surface area (Å²) >= 11 is 7.15. The molecule has 0 atom stereocenters. The molecule has 0 unspecified atom stereocenters. The Kier molecular flexibility index (Phi) is 2.97. The number of hydrogen-bond acceptors (Lipinski definition) is 2. The Morgan fingerprint density at radius 2 is 2.27 bits per heavy atom. The Hall–Kier alpha value is -0.470. The zero-order valence-corrected chi connectivity index (χ0v) is 7.67. The number of thioether (sulfide) groups is 1. The SMILES string of the molecule is CSC(=N)c1cccc(Cl)c1. The molecule has 1 aromatic rings. The highest BCUT2D eigenvalue weighted by Crippen LogP contribution is 2.14. The molecule has 0 aliphatic rings. The van der Waals surface area contributed by atoms with E-state index in [1.807, 2.05) is 18.4 Å². The van der Waals surface area contributed by atoms with Gasteiger partial charge in [-0.3, -0.25) is 5.41 Å². The van der Waals surface area contributed by atoms with Gasteiger partial charge >= 0.3 is 0 Å². The number of benzene rings is 1. The molecule has 0 spiro atoms. The van der Waals surface area contributed by atoms with Gasteiger partial charge in [0.2, 0.25) is 0 Å². The Morgan fingerprint density at radius 3 is 2.82 bits per heavy atom. The van der Waals surface area contributed by atoms with E-state index in [0.29, 0.717) is 10.1 Å². The summed E-state index contributed by atoms with van der Waals surface area (Å²) in [6.07, 6.45) is 1.88. The fourth-order valence-corrected chi connectivity index (χ4v) is 1.30. The van der Waals surface area contributed by atoms with Crippen molar-refractivity contribution in [1.82, 2.24) is 0 Å². The summed E-state index contributed by atoms with van der Waals surface area (Å²) < 4.78 is 0. The molecule has 0 heterocycles. The minimum atomic E-state index is 0.549. The third kappa shape index (κ3) is 2.24. The second-order valence-corrected chi connectivity index (χ2v) is 3.30. The van der Waals surface area contributed by atoms with Crippen molar-refractivity contribution in [2.45, 2.75) is 0 Å². The lowest BCUT2D eigenvalue weighted by atomic mass is 10.2. The smallest absolute Gasteiger partial charge is 0.0940 e. The summed E-state index contributed by atoms with van der Waals surface area (Å²) in [6.45, 7) is 0. The first kappa shape index (κ1) is 8.62. The van der Waals surface area contributed by atoms with Gasteiger partial charge in [-0.05, 0) is 18.4 Å². The van der Waals surface area contributed by atoms with Crippen LogP contribution in [0.15, 0.2) is 24.3 Å². The first-order chi connectivity index (χ1) is 5.24. The van der Waals surface area contributed by atoms with E-state index >= 15 is 0 Å². The minimum Gasteiger partial charge on any atom is -0.293 e. The molecule has 1 aromatic carbocycles. The van der Waals surface area contributed by atoms with Gasteiger partial charge < -0.3 is 0 Å². The number of hydrogen-bond donors (Lipinski definition) is 1. The van der Waals surface area contributed by atoms with Gasteiger partial charge in [-0.25, -0.2) is 0 Å². The van der Waals surface area contributed by atoms with Gasteiger partial charge in [0.25, 0.3) is 0 Å². The van der Waals surface area contributed by atoms with Crippen LogP contribution in [0, 0.1) is 5.41 Å². The summed E-state index contributed by atoms with van der Waals surface area (Å²) in [5.41, 5.74) is 0.880. The van der Waals surface area contributed by atoms with Gasteiger partial charge in [0.05, 0.1) is 5.04 Å². The molecule has 0 aliphatic carbocycles. The van der Waals surface area contributed by atoms with Crippen LogP contribution in [-0.2, 0) is 0 Å². The van der Waals surface area contributed by atoms with Crippen LogP contribution >= 0.6 is 23.4 Å². The molecule has 0 aliphatic heterocycles. The topological polar surface area (TPSA) is 23.9 Å². The number of rotatable bonds is 1. The Labute approximate surface area is 75.3 Å². The maximum atomic E-state index is 7.48. The van der Waals surface area contributed by atoms with Crippen molar-refractivity contribution in [3.05, 3.63) is 34.9 Å². The molecule has 0 bridgehead atoms. The molecule has 1 nitrogen and oxygen atoms in total. The quantitative estimate of drug-likeness (QED) is 0.528. The molecule has 0 saturated heterocycles. The predicted octanol–water partition coefficient (Wildman–Crippen LogP) is 3.03. The van der Waals surface area contributed by atoms with Gasteiger partial charge in [0.15, 0.2) is 0 Å². The number of nitrogens with one attached hydrogen (secondary N) is 1. The second kappa shape index (κ2) is 3.79. The standard InChI is InChI=1S/C8H8ClNS/c1-11-8(10)6-3-2-4-7(9)5-6/h2-5,10H,1H3. The Bertz CT molecular complexity index is 273. The van der Waals surface area contributed by atoms with Crippen molar-refractivity contribution >= 4 is 28.4 Å². The van der Waals surface area contributed by atoms with Crippen molar-refractivity contribution in [2.24, 2.45) is 0 Å². The molecule has 0 radical (unpaired) electrons. The lowest BCUT2D eigenvalue weighted by Gasteiger charge is -1.99. The van der Waals surface area contributed by atoms with Crippen LogP contribution in [0.5, 0.6) is 0 Å². The summed E-state index contributed by atoms with van der Waals surface area (Å²) in [7, 11) is 0. The highest BCUT2D eigenvalue weighted by atomic mass is 35.5. The maximum Gasteiger partial charge on any atom is 0.0940 e. The average Bonchev–Trinajstić information content (AvgIpc) is 2.03. The minimum absolute atomic E-state index is 0.549. The van der Waals surface area contributed by atoms with Gasteiger partial charge in [-0.1, -0.05) is 23.7 Å². The normalized spacial score (nSPS) is 9.64. The van der Waals surface area contributed by atoms with E-state index in [2.05, 4.69) is 0 Å². The van der Waals surface area contributed by atoms with Gasteiger partial charge in [0.1, 0.15) is 0 Å². The molecule has 11 heavy (non-hydrogen) atoms. The van der Waals surface area contributed by atoms with Crippen molar-refractivity contribution < 1.29 is 0 Å². The summed E-state index contributed by atoms with van der Waals surface area (Å²) in [5, 5.41) is 8.71. The van der Waals surface area contributed by atoms with Crippen LogP contribution in [0.2, 0.25) is 5.02 Å². The first-order valence-corrected chi connectivity index (χ1v) is 4.73. The largest absolute Gasteiger partial charge is 0.293 e. The van der Waals surface area contributed by atoms with Crippen molar-refractivity contribution in [3.8, 4) is 0 Å². The molecule has 3 heteroatoms. The van der Waals surface area contributed by atoms with Crippen molar-refractivity contribution in [1.29, 1.82) is 5.41 Å². The van der Waals surface area contributed by atoms with Crippen LogP contribution in [0.4, 0.5) is 0 Å². The van der Waals surface area contributed by atoms with E-state index in [0.717, 1.165) is 5.56 Å². The van der Waals surface area contributed by atoms with Crippen molar-refractivity contribution in [2.75, 3.05) is 6.26 Å². The van der Waals surface area contributed by atoms with E-state index in [1.54, 1.807) is 12.1 Å². The molecule has 1 N–H and O–H groups in total. The fourth-order valence-electron chi connectivity index (χ4n) is 0.748. The fraction of sp³-hybridized carbons (Fsp3) is 0.125. The Morgan fingerprint density at radius 1 is 1.55 bits per heavy atom. The highest BCUT2D eigenvalue weighted by Gasteiger charge is 1.98. The predicted molar refractivity (Wildman–Crippen MR) is 51.8 cm³/mol. The lowest BCUT2D eigenvalue weighted by molar-refractivity contribution is 1.53. The summed E-state index contributed by atoms with van der Waals surface area (Å²) in [4.78, 5) is 0. The summed E-state index contributed by atoms with van der Waals surface area (Å²) in [5.74, 6) is 0. The van der Waals surface area contributed by atoms with Crippen molar-refractivity contribution in [3.63, 3.8) is 0 Å². The van der Waals surface area contributed by atoms with E-state index < -0.39 is 0 Å². The first-order valence-electron chi connectivity index (χ1n) is 3.12. The van der Waals surface area contributed by atoms with Gasteiger partial charge in [-0.15, -0.1) is 11.8 Å². The third-order valence-electron chi connectivity index (χ3n) is 1.29. The van der Waals surface area contributed by atoms with Crippen LogP contribution < -0.4 is 0 Å². The van der Waals surface area contributed by atoms with Crippen LogP contribution in [-0.4, -0.2) is 11.3 Å². The van der Waals surface area contributed by atoms with Crippen LogP contribution in [0.1, 0.15) is 5.56 Å². The molecule has 1 rings (SSSR count). The number of halogens is 1. The molecule has 0 aromatic heterocycles. The Balaban J connectivity index is 2.96. The summed E-state index contributed by atoms with van der Waals surface area (Å²) in [6, 6.07) is 7.33. The van der Waals surface area contributed by atoms with E-state index in [1.165, 1.54) is 11.8 Å². The van der Waals surface area contributed by atoms with Gasteiger partial charge in [-0.2, -0.15) is 0 Å². The zero-order valence-electron chi connectivity index (χ0n) is 6.10. The van der Waals surface area contributed by atoms with E-state index in [9.17, 15) is 0 Å². The molecule has 0 saturated carbocycles. The van der Waals surface area contributed by atoms with Crippen LogP contribution in [0.3, 0.4) is 0 Å². The monoisotopic (exact) mass is 185 g/mol. The molecule has 0 amide bonds. The molecular formula is C8H8ClNS. The lowest BCUT2D eigenvalue weighted by Crippen LogP contribution is -1.90. The van der Waals surface area contributed by atoms with E-state index in [-0.39, 0.29) is 0 Å². The molecule has 0 fully saturated rings. The maximum absolute atomic E-state index is 7.48. The van der Waals surface area contributed by atoms with Crippen LogP contribution in [0.25, 0.3) is 0 Å².